The summed E-state index contributed by atoms with van der Waals surface area (Å²) in [5.41, 5.74) is 6.99. The van der Waals surface area contributed by atoms with Crippen LogP contribution in [-0.2, 0) is 6.54 Å². The molecule has 2 N–H and O–H groups in total. The third kappa shape index (κ3) is 2.71. The molecule has 0 radical (unpaired) electrons. The Labute approximate surface area is 97.1 Å². The van der Waals surface area contributed by atoms with Crippen molar-refractivity contribution in [3.63, 3.8) is 0 Å². The Morgan fingerprint density at radius 3 is 2.56 bits per heavy atom. The molecule has 1 aliphatic heterocycles. The fourth-order valence-electron chi connectivity index (χ4n) is 2.09. The summed E-state index contributed by atoms with van der Waals surface area (Å²) in [6, 6.07) is 4.02. The van der Waals surface area contributed by atoms with E-state index in [4.69, 9.17) is 5.73 Å². The molecular formula is C12H20N4. The molecule has 0 aromatic carbocycles. The van der Waals surface area contributed by atoms with E-state index in [2.05, 4.69) is 27.8 Å². The highest BCUT2D eigenvalue weighted by Gasteiger charge is 2.16. The predicted molar refractivity (Wildman–Crippen MR) is 66.0 cm³/mol. The lowest BCUT2D eigenvalue weighted by Gasteiger charge is -2.34. The Hall–Kier alpha value is -1.13. The van der Waals surface area contributed by atoms with Crippen LogP contribution in [0.25, 0.3) is 0 Å². The van der Waals surface area contributed by atoms with Gasteiger partial charge < -0.3 is 10.6 Å². The van der Waals surface area contributed by atoms with Crippen molar-refractivity contribution in [2.45, 2.75) is 13.5 Å². The van der Waals surface area contributed by atoms with Crippen LogP contribution in [0.4, 0.5) is 5.82 Å². The summed E-state index contributed by atoms with van der Waals surface area (Å²) in [7, 11) is 0. The first-order valence-electron chi connectivity index (χ1n) is 5.93. The van der Waals surface area contributed by atoms with Crippen LogP contribution >= 0.6 is 0 Å². The highest BCUT2D eigenvalue weighted by molar-refractivity contribution is 5.38. The van der Waals surface area contributed by atoms with Crippen molar-refractivity contribution in [2.24, 2.45) is 0 Å². The Morgan fingerprint density at radius 1 is 1.25 bits per heavy atom. The lowest BCUT2D eigenvalue weighted by Crippen LogP contribution is -2.45. The average Bonchev–Trinajstić information content (AvgIpc) is 2.33. The van der Waals surface area contributed by atoms with Crippen LogP contribution in [0.5, 0.6) is 0 Å². The van der Waals surface area contributed by atoms with Gasteiger partial charge in [-0.15, -0.1) is 0 Å². The first-order chi connectivity index (χ1) is 7.79. The molecule has 1 saturated heterocycles. The Balaban J connectivity index is 1.89. The zero-order chi connectivity index (χ0) is 11.4. The van der Waals surface area contributed by atoms with Crippen molar-refractivity contribution in [3.05, 3.63) is 23.9 Å². The van der Waals surface area contributed by atoms with Crippen LogP contribution in [-0.4, -0.2) is 47.5 Å². The van der Waals surface area contributed by atoms with Crippen molar-refractivity contribution in [2.75, 3.05) is 38.5 Å². The second-order valence-corrected chi connectivity index (χ2v) is 4.26. The minimum Gasteiger partial charge on any atom is -0.383 e. The first-order valence-corrected chi connectivity index (χ1v) is 5.93. The van der Waals surface area contributed by atoms with Crippen molar-refractivity contribution in [3.8, 4) is 0 Å². The second-order valence-electron chi connectivity index (χ2n) is 4.26. The number of nitrogens with zero attached hydrogens (tertiary/aromatic N) is 3. The number of aromatic nitrogens is 1. The topological polar surface area (TPSA) is 45.4 Å². The first kappa shape index (κ1) is 11.4. The van der Waals surface area contributed by atoms with E-state index in [1.165, 1.54) is 0 Å². The summed E-state index contributed by atoms with van der Waals surface area (Å²) < 4.78 is 0. The molecule has 88 valence electrons. The smallest absolute Gasteiger partial charge is 0.127 e. The number of hydrogen-bond acceptors (Lipinski definition) is 4. The SMILES string of the molecule is CCN1CCN(Cc2cccnc2N)CC1. The van der Waals surface area contributed by atoms with Gasteiger partial charge in [-0.2, -0.15) is 0 Å². The minimum atomic E-state index is 0.667. The number of piperazine rings is 1. The molecular weight excluding hydrogens is 200 g/mol. The number of nitrogens with two attached hydrogens (primary N) is 1. The van der Waals surface area contributed by atoms with E-state index in [9.17, 15) is 0 Å². The zero-order valence-corrected chi connectivity index (χ0v) is 9.89. The summed E-state index contributed by atoms with van der Waals surface area (Å²) in [5, 5.41) is 0. The molecule has 4 heteroatoms. The van der Waals surface area contributed by atoms with E-state index >= 15 is 0 Å². The highest BCUT2D eigenvalue weighted by Crippen LogP contribution is 2.12. The van der Waals surface area contributed by atoms with Crippen molar-refractivity contribution in [1.82, 2.24) is 14.8 Å². The van der Waals surface area contributed by atoms with Gasteiger partial charge in [-0.05, 0) is 12.6 Å². The Kier molecular flexibility index (Phi) is 3.74. The molecule has 4 nitrogen and oxygen atoms in total. The molecule has 0 aliphatic carbocycles. The number of pyridine rings is 1. The molecule has 0 unspecified atom stereocenters. The van der Waals surface area contributed by atoms with Gasteiger partial charge >= 0.3 is 0 Å². The molecule has 0 atom stereocenters. The van der Waals surface area contributed by atoms with Crippen molar-refractivity contribution in [1.29, 1.82) is 0 Å². The maximum atomic E-state index is 5.84. The lowest BCUT2D eigenvalue weighted by molar-refractivity contribution is 0.132. The summed E-state index contributed by atoms with van der Waals surface area (Å²) in [4.78, 5) is 9.04. The van der Waals surface area contributed by atoms with E-state index in [-0.39, 0.29) is 0 Å². The molecule has 1 aromatic rings. The van der Waals surface area contributed by atoms with E-state index in [1.807, 2.05) is 6.07 Å². The van der Waals surface area contributed by atoms with Crippen LogP contribution < -0.4 is 5.73 Å². The van der Waals surface area contributed by atoms with E-state index in [0.717, 1.165) is 44.8 Å². The largest absolute Gasteiger partial charge is 0.383 e. The fraction of sp³-hybridized carbons (Fsp3) is 0.583. The highest BCUT2D eigenvalue weighted by atomic mass is 15.3. The third-order valence-electron chi connectivity index (χ3n) is 3.23. The minimum absolute atomic E-state index is 0.667. The average molecular weight is 220 g/mol. The molecule has 1 aliphatic rings. The van der Waals surface area contributed by atoms with Gasteiger partial charge in [-0.25, -0.2) is 4.98 Å². The third-order valence-corrected chi connectivity index (χ3v) is 3.23. The molecule has 0 amide bonds. The molecule has 1 aromatic heterocycles. The number of hydrogen-bond donors (Lipinski definition) is 1. The van der Waals surface area contributed by atoms with Crippen molar-refractivity contribution >= 4 is 5.82 Å². The van der Waals surface area contributed by atoms with Crippen LogP contribution in [0.2, 0.25) is 0 Å². The molecule has 0 bridgehead atoms. The van der Waals surface area contributed by atoms with E-state index in [0.29, 0.717) is 5.82 Å². The number of rotatable bonds is 3. The van der Waals surface area contributed by atoms with Gasteiger partial charge in [0.15, 0.2) is 0 Å². The number of nitrogen functional groups attached to an aromatic ring is 1. The predicted octanol–water partition coefficient (Wildman–Crippen LogP) is 0.801. The van der Waals surface area contributed by atoms with Gasteiger partial charge in [0, 0.05) is 44.5 Å². The maximum absolute atomic E-state index is 5.84. The molecule has 0 saturated carbocycles. The van der Waals surface area contributed by atoms with Gasteiger partial charge in [-0.3, -0.25) is 4.90 Å². The van der Waals surface area contributed by atoms with Crippen LogP contribution in [0.15, 0.2) is 18.3 Å². The molecule has 2 heterocycles. The fourth-order valence-corrected chi connectivity index (χ4v) is 2.09. The summed E-state index contributed by atoms with van der Waals surface area (Å²) in [6.45, 7) is 8.88. The standard InChI is InChI=1S/C12H20N4/c1-2-15-6-8-16(9-7-15)10-11-4-3-5-14-12(11)13/h3-5H,2,6-10H2,1H3,(H2,13,14). The molecule has 1 fully saturated rings. The van der Waals surface area contributed by atoms with E-state index in [1.54, 1.807) is 6.20 Å². The second kappa shape index (κ2) is 5.27. The van der Waals surface area contributed by atoms with Gasteiger partial charge in [-0.1, -0.05) is 13.0 Å². The molecule has 2 rings (SSSR count). The Morgan fingerprint density at radius 2 is 1.94 bits per heavy atom. The lowest BCUT2D eigenvalue weighted by atomic mass is 10.2. The number of likely N-dealkylation sites (N-methyl/N-ethyl adjacent to an activating group) is 1. The van der Waals surface area contributed by atoms with Gasteiger partial charge in [0.25, 0.3) is 0 Å². The van der Waals surface area contributed by atoms with Crippen LogP contribution in [0.3, 0.4) is 0 Å². The van der Waals surface area contributed by atoms with E-state index < -0.39 is 0 Å². The Bertz CT molecular complexity index is 332. The molecule has 0 spiro atoms. The summed E-state index contributed by atoms with van der Waals surface area (Å²) in [6.07, 6.45) is 1.74. The van der Waals surface area contributed by atoms with Crippen LogP contribution in [0, 0.1) is 0 Å². The van der Waals surface area contributed by atoms with Crippen molar-refractivity contribution < 1.29 is 0 Å². The van der Waals surface area contributed by atoms with Gasteiger partial charge in [0.1, 0.15) is 5.82 Å². The monoisotopic (exact) mass is 220 g/mol. The normalized spacial score (nSPS) is 18.8. The maximum Gasteiger partial charge on any atom is 0.127 e. The van der Waals surface area contributed by atoms with Crippen LogP contribution in [0.1, 0.15) is 12.5 Å². The molecule has 16 heavy (non-hydrogen) atoms. The summed E-state index contributed by atoms with van der Waals surface area (Å²) in [5.74, 6) is 0.667. The zero-order valence-electron chi connectivity index (χ0n) is 9.89. The summed E-state index contributed by atoms with van der Waals surface area (Å²) >= 11 is 0. The quantitative estimate of drug-likeness (QED) is 0.818. The number of anilines is 1. The van der Waals surface area contributed by atoms with Gasteiger partial charge in [0.2, 0.25) is 0 Å². The van der Waals surface area contributed by atoms with Gasteiger partial charge in [0.05, 0.1) is 0 Å².